The Labute approximate surface area is 197 Å². The molecule has 1 saturated carbocycles. The van der Waals surface area contributed by atoms with Gasteiger partial charge in [0.05, 0.1) is 12.6 Å². The smallest absolute Gasteiger partial charge is 0.387 e. The van der Waals surface area contributed by atoms with E-state index in [0.29, 0.717) is 24.6 Å². The third-order valence-electron chi connectivity index (χ3n) is 5.72. The summed E-state index contributed by atoms with van der Waals surface area (Å²) in [5.41, 5.74) is 7.69. The molecule has 1 radical (unpaired) electrons. The maximum atomic E-state index is 12.9. The molecule has 1 aromatic heterocycles. The molecule has 1 aliphatic carbocycles. The van der Waals surface area contributed by atoms with Gasteiger partial charge in [-0.05, 0) is 50.3 Å². The summed E-state index contributed by atoms with van der Waals surface area (Å²) in [7, 11) is 3.90. The van der Waals surface area contributed by atoms with Gasteiger partial charge in [-0.1, -0.05) is 11.6 Å². The molecule has 1 atom stereocenters. The summed E-state index contributed by atoms with van der Waals surface area (Å²) in [5, 5.41) is 2.87. The Morgan fingerprint density at radius 3 is 2.82 bits per heavy atom. The van der Waals surface area contributed by atoms with Crippen molar-refractivity contribution in [3.63, 3.8) is 0 Å². The zero-order valence-corrected chi connectivity index (χ0v) is 19.1. The third kappa shape index (κ3) is 6.12. The maximum absolute atomic E-state index is 12.9. The second kappa shape index (κ2) is 10.5. The highest BCUT2D eigenvalue weighted by Crippen LogP contribution is 2.37. The maximum Gasteiger partial charge on any atom is 0.387 e. The van der Waals surface area contributed by atoms with Gasteiger partial charge < -0.3 is 24.9 Å². The molecular formula is C24H29F2N4O4. The first-order valence-electron chi connectivity index (χ1n) is 11.3. The van der Waals surface area contributed by atoms with Crippen molar-refractivity contribution >= 4 is 5.91 Å². The number of aromatic nitrogens is 1. The average molecular weight is 476 g/mol. The first kappa shape index (κ1) is 24.2. The molecule has 34 heavy (non-hydrogen) atoms. The molecule has 4 rings (SSSR count). The number of halogens is 2. The Morgan fingerprint density at radius 1 is 1.38 bits per heavy atom. The molecule has 2 heterocycles. The van der Waals surface area contributed by atoms with E-state index in [1.165, 1.54) is 18.2 Å². The summed E-state index contributed by atoms with van der Waals surface area (Å²) < 4.78 is 41.8. The molecule has 1 fully saturated rings. The van der Waals surface area contributed by atoms with Crippen molar-refractivity contribution in [3.05, 3.63) is 48.4 Å². The van der Waals surface area contributed by atoms with Gasteiger partial charge >= 0.3 is 6.61 Å². The minimum atomic E-state index is -2.98. The Morgan fingerprint density at radius 2 is 2.18 bits per heavy atom. The largest absolute Gasteiger partial charge is 0.489 e. The SMILES string of the molecule is [CH2]N1CC=C(CNC(=O)c2nc(-c3ccc(OC(F)F)c(OCC4CC4)c3)oc2[C@H](C)N)CC1. The Kier molecular flexibility index (Phi) is 7.47. The highest BCUT2D eigenvalue weighted by atomic mass is 19.3. The summed E-state index contributed by atoms with van der Waals surface area (Å²) in [6, 6.07) is 3.84. The number of benzene rings is 1. The third-order valence-corrected chi connectivity index (χ3v) is 5.72. The molecule has 1 amide bonds. The molecule has 3 N–H and O–H groups in total. The standard InChI is InChI=1S/C24H29F2N4O4/c1-14(27)21-20(22(31)28-12-15-7-9-30(2)10-8-15)29-23(34-21)17-5-6-18(33-24(25)26)19(11-17)32-13-16-3-4-16/h5-7,11,14,16,24H,2-4,8-10,12-13,27H2,1H3,(H,28,31)/t14-/m0/s1. The van der Waals surface area contributed by atoms with Gasteiger partial charge in [-0.3, -0.25) is 9.69 Å². The number of nitrogens with zero attached hydrogens (tertiary/aromatic N) is 2. The number of amides is 1. The highest BCUT2D eigenvalue weighted by Gasteiger charge is 2.26. The van der Waals surface area contributed by atoms with E-state index < -0.39 is 18.6 Å². The van der Waals surface area contributed by atoms with Gasteiger partial charge in [0, 0.05) is 32.2 Å². The van der Waals surface area contributed by atoms with Crippen LogP contribution in [-0.2, 0) is 0 Å². The molecule has 183 valence electrons. The number of oxazole rings is 1. The van der Waals surface area contributed by atoms with Gasteiger partial charge in [0.15, 0.2) is 23.0 Å². The molecule has 0 saturated heterocycles. The van der Waals surface area contributed by atoms with Crippen LogP contribution in [0.15, 0.2) is 34.3 Å². The second-order valence-electron chi connectivity index (χ2n) is 8.69. The highest BCUT2D eigenvalue weighted by molar-refractivity contribution is 5.94. The quantitative estimate of drug-likeness (QED) is 0.503. The van der Waals surface area contributed by atoms with E-state index in [2.05, 4.69) is 22.1 Å². The topological polar surface area (TPSA) is 103 Å². The van der Waals surface area contributed by atoms with Crippen LogP contribution in [0, 0.1) is 13.0 Å². The Hall–Kier alpha value is -2.98. The van der Waals surface area contributed by atoms with Crippen LogP contribution in [0.5, 0.6) is 11.5 Å². The normalized spacial score (nSPS) is 17.4. The molecule has 1 aromatic carbocycles. The van der Waals surface area contributed by atoms with Gasteiger partial charge in [-0.15, -0.1) is 0 Å². The first-order valence-corrected chi connectivity index (χ1v) is 11.3. The van der Waals surface area contributed by atoms with Crippen molar-refractivity contribution in [2.75, 3.05) is 26.2 Å². The van der Waals surface area contributed by atoms with Crippen LogP contribution in [0.2, 0.25) is 0 Å². The number of alkyl halides is 2. The van der Waals surface area contributed by atoms with E-state index in [9.17, 15) is 13.6 Å². The minimum Gasteiger partial charge on any atom is -0.489 e. The molecule has 10 heteroatoms. The van der Waals surface area contributed by atoms with E-state index in [1.807, 2.05) is 11.0 Å². The van der Waals surface area contributed by atoms with Crippen LogP contribution in [0.1, 0.15) is 48.5 Å². The van der Waals surface area contributed by atoms with E-state index in [4.69, 9.17) is 14.9 Å². The predicted octanol–water partition coefficient (Wildman–Crippen LogP) is 3.90. The molecule has 0 unspecified atom stereocenters. The fraction of sp³-hybridized carbons (Fsp3) is 0.458. The summed E-state index contributed by atoms with van der Waals surface area (Å²) in [6.45, 7) is 1.09. The first-order chi connectivity index (χ1) is 16.3. The minimum absolute atomic E-state index is 0.0714. The second-order valence-corrected chi connectivity index (χ2v) is 8.69. The van der Waals surface area contributed by atoms with E-state index >= 15 is 0 Å². The van der Waals surface area contributed by atoms with E-state index in [0.717, 1.165) is 37.9 Å². The number of ether oxygens (including phenoxy) is 2. The lowest BCUT2D eigenvalue weighted by atomic mass is 10.1. The fourth-order valence-electron chi connectivity index (χ4n) is 3.56. The van der Waals surface area contributed by atoms with Crippen LogP contribution in [0.4, 0.5) is 8.78 Å². The van der Waals surface area contributed by atoms with Crippen LogP contribution < -0.4 is 20.5 Å². The lowest BCUT2D eigenvalue weighted by molar-refractivity contribution is -0.0515. The summed E-state index contributed by atoms with van der Waals surface area (Å²) in [6.07, 6.45) is 4.96. The molecule has 2 aliphatic rings. The zero-order valence-electron chi connectivity index (χ0n) is 19.1. The van der Waals surface area contributed by atoms with Crippen LogP contribution >= 0.6 is 0 Å². The van der Waals surface area contributed by atoms with Gasteiger partial charge in [-0.2, -0.15) is 8.78 Å². The number of carbonyl (C=O) groups excluding carboxylic acids is 1. The number of nitrogens with two attached hydrogens (primary N) is 1. The number of rotatable bonds is 10. The van der Waals surface area contributed by atoms with Crippen LogP contribution in [0.25, 0.3) is 11.5 Å². The average Bonchev–Trinajstić information content (AvgIpc) is 3.52. The summed E-state index contributed by atoms with van der Waals surface area (Å²) in [4.78, 5) is 19.2. The van der Waals surface area contributed by atoms with Gasteiger partial charge in [-0.25, -0.2) is 4.98 Å². The molecular weight excluding hydrogens is 446 g/mol. The number of nitrogens with one attached hydrogen (secondary N) is 1. The molecule has 1 aliphatic heterocycles. The predicted molar refractivity (Wildman–Crippen MR) is 121 cm³/mol. The number of carbonyl (C=O) groups is 1. The molecule has 8 nitrogen and oxygen atoms in total. The number of hydrogen-bond acceptors (Lipinski definition) is 7. The number of hydrogen-bond donors (Lipinski definition) is 2. The van der Waals surface area contributed by atoms with Crippen molar-refractivity contribution < 1.29 is 27.5 Å². The molecule has 2 aromatic rings. The van der Waals surface area contributed by atoms with Crippen molar-refractivity contribution in [1.82, 2.24) is 15.2 Å². The summed E-state index contributed by atoms with van der Waals surface area (Å²) >= 11 is 0. The lowest BCUT2D eigenvalue weighted by Crippen LogP contribution is -2.31. The molecule has 0 spiro atoms. The lowest BCUT2D eigenvalue weighted by Gasteiger charge is -2.21. The fourth-order valence-corrected chi connectivity index (χ4v) is 3.56. The van der Waals surface area contributed by atoms with Crippen LogP contribution in [-0.4, -0.2) is 48.6 Å². The summed E-state index contributed by atoms with van der Waals surface area (Å²) in [5.74, 6) is 0.492. The van der Waals surface area contributed by atoms with Crippen LogP contribution in [0.3, 0.4) is 0 Å². The monoisotopic (exact) mass is 475 g/mol. The van der Waals surface area contributed by atoms with Crippen molar-refractivity contribution in [3.8, 4) is 23.0 Å². The van der Waals surface area contributed by atoms with Crippen molar-refractivity contribution in [1.29, 1.82) is 0 Å². The Balaban J connectivity index is 1.54. The Bertz CT molecular complexity index is 1050. The van der Waals surface area contributed by atoms with Gasteiger partial charge in [0.2, 0.25) is 5.89 Å². The van der Waals surface area contributed by atoms with E-state index in [1.54, 1.807) is 6.92 Å². The zero-order chi connectivity index (χ0) is 24.2. The van der Waals surface area contributed by atoms with Gasteiger partial charge in [0.25, 0.3) is 5.91 Å². The van der Waals surface area contributed by atoms with Crippen molar-refractivity contribution in [2.24, 2.45) is 11.7 Å². The van der Waals surface area contributed by atoms with E-state index in [-0.39, 0.29) is 28.8 Å². The molecule has 0 bridgehead atoms. The van der Waals surface area contributed by atoms with Crippen molar-refractivity contribution in [2.45, 2.75) is 38.8 Å². The van der Waals surface area contributed by atoms with Gasteiger partial charge in [0.1, 0.15) is 0 Å².